The van der Waals surface area contributed by atoms with E-state index in [1.165, 1.54) is 40.1 Å². The van der Waals surface area contributed by atoms with Gasteiger partial charge in [0.2, 0.25) is 5.91 Å². The molecule has 32 heavy (non-hydrogen) atoms. The van der Waals surface area contributed by atoms with Crippen LogP contribution in [0.25, 0.3) is 11.4 Å². The summed E-state index contributed by atoms with van der Waals surface area (Å²) >= 11 is 2.74. The molecule has 0 aliphatic heterocycles. The number of amides is 1. The number of aromatic nitrogens is 3. The van der Waals surface area contributed by atoms with E-state index in [-0.39, 0.29) is 17.3 Å². The summed E-state index contributed by atoms with van der Waals surface area (Å²) in [6.07, 6.45) is 4.03. The topological polar surface area (TPSA) is 127 Å². The summed E-state index contributed by atoms with van der Waals surface area (Å²) < 4.78 is 1.82. The van der Waals surface area contributed by atoms with Crippen LogP contribution in [-0.4, -0.2) is 31.3 Å². The highest BCUT2D eigenvalue weighted by molar-refractivity contribution is 7.99. The number of non-ortho nitro benzene ring substituents is 1. The summed E-state index contributed by atoms with van der Waals surface area (Å²) in [7, 11) is 0. The fourth-order valence-corrected chi connectivity index (χ4v) is 5.78. The molecule has 0 radical (unpaired) electrons. The lowest BCUT2D eigenvalue weighted by Gasteiger charge is -2.09. The van der Waals surface area contributed by atoms with Crippen molar-refractivity contribution in [1.29, 1.82) is 5.26 Å². The minimum Gasteiger partial charge on any atom is -0.316 e. The molecule has 2 aromatic heterocycles. The maximum atomic E-state index is 12.6. The molecular formula is C21H20N6O3S2. The normalized spacial score (nSPS) is 12.8. The Labute approximate surface area is 192 Å². The van der Waals surface area contributed by atoms with Crippen molar-refractivity contribution >= 4 is 39.7 Å². The van der Waals surface area contributed by atoms with Gasteiger partial charge in [0.05, 0.1) is 16.2 Å². The number of anilines is 1. The molecule has 1 aliphatic carbocycles. The van der Waals surface area contributed by atoms with Crippen LogP contribution < -0.4 is 5.32 Å². The molecule has 3 aromatic rings. The third kappa shape index (κ3) is 4.37. The summed E-state index contributed by atoms with van der Waals surface area (Å²) in [6, 6.07) is 8.48. The van der Waals surface area contributed by atoms with Crippen LogP contribution in [0.3, 0.4) is 0 Å². The van der Waals surface area contributed by atoms with Gasteiger partial charge in [0.1, 0.15) is 11.1 Å². The third-order valence-electron chi connectivity index (χ3n) is 5.22. The van der Waals surface area contributed by atoms with Crippen LogP contribution in [0.15, 0.2) is 29.4 Å². The van der Waals surface area contributed by atoms with E-state index in [1.54, 1.807) is 12.1 Å². The minimum atomic E-state index is -0.450. The number of nitriles is 1. The van der Waals surface area contributed by atoms with Gasteiger partial charge in [-0.25, -0.2) is 0 Å². The lowest BCUT2D eigenvalue weighted by molar-refractivity contribution is -0.384. The quantitative estimate of drug-likeness (QED) is 0.309. The SMILES string of the molecule is CCn1c(SCC(=O)Nc2sc3c(c2C#N)CCCC3)nnc1-c1cccc([N+](=O)[O-])c1. The standard InChI is InChI=1S/C21H20N6O3S2/c1-2-26-19(13-6-5-7-14(10-13)27(29)30)24-25-21(26)31-12-18(28)23-20-16(11-22)15-8-3-4-9-17(15)32-20/h5-7,10H,2-4,8-9,12H2,1H3,(H,23,28). The average molecular weight is 469 g/mol. The molecule has 2 heterocycles. The lowest BCUT2D eigenvalue weighted by atomic mass is 9.96. The second-order valence-corrected chi connectivity index (χ2v) is 9.27. The van der Waals surface area contributed by atoms with E-state index in [4.69, 9.17) is 0 Å². The second kappa shape index (κ2) is 9.50. The van der Waals surface area contributed by atoms with Crippen LogP contribution in [0.1, 0.15) is 35.8 Å². The van der Waals surface area contributed by atoms with Crippen molar-refractivity contribution in [2.24, 2.45) is 0 Å². The first-order valence-corrected chi connectivity index (χ1v) is 12.0. The van der Waals surface area contributed by atoms with Crippen LogP contribution in [0.5, 0.6) is 0 Å². The van der Waals surface area contributed by atoms with Crippen LogP contribution in [0, 0.1) is 21.4 Å². The number of nitro groups is 1. The third-order valence-corrected chi connectivity index (χ3v) is 7.39. The molecule has 0 unspecified atom stereocenters. The molecule has 1 aliphatic rings. The zero-order valence-electron chi connectivity index (χ0n) is 17.3. The van der Waals surface area contributed by atoms with Crippen molar-refractivity contribution in [3.63, 3.8) is 0 Å². The van der Waals surface area contributed by atoms with E-state index in [0.717, 1.165) is 31.2 Å². The van der Waals surface area contributed by atoms with Crippen LogP contribution in [0.2, 0.25) is 0 Å². The van der Waals surface area contributed by atoms with E-state index in [0.29, 0.717) is 33.7 Å². The van der Waals surface area contributed by atoms with Crippen molar-refractivity contribution < 1.29 is 9.72 Å². The monoisotopic (exact) mass is 468 g/mol. The number of hydrogen-bond donors (Lipinski definition) is 1. The molecule has 164 valence electrons. The van der Waals surface area contributed by atoms with E-state index in [2.05, 4.69) is 21.6 Å². The Kier molecular flexibility index (Phi) is 6.53. The first-order chi connectivity index (χ1) is 15.5. The maximum absolute atomic E-state index is 12.6. The summed E-state index contributed by atoms with van der Waals surface area (Å²) in [6.45, 7) is 2.47. The molecule has 0 fully saturated rings. The predicted octanol–water partition coefficient (Wildman–Crippen LogP) is 4.42. The number of nitro benzene ring substituents is 1. The Morgan fingerprint density at radius 1 is 1.38 bits per heavy atom. The average Bonchev–Trinajstić information content (AvgIpc) is 3.37. The van der Waals surface area contributed by atoms with E-state index >= 15 is 0 Å². The lowest BCUT2D eigenvalue weighted by Crippen LogP contribution is -2.14. The number of nitrogens with one attached hydrogen (secondary N) is 1. The number of aryl methyl sites for hydroxylation is 1. The molecule has 1 amide bonds. The Balaban J connectivity index is 1.47. The molecule has 0 saturated heterocycles. The van der Waals surface area contributed by atoms with Crippen LogP contribution in [0.4, 0.5) is 10.7 Å². The highest BCUT2D eigenvalue weighted by Crippen LogP contribution is 2.37. The van der Waals surface area contributed by atoms with Gasteiger partial charge < -0.3 is 9.88 Å². The molecule has 4 rings (SSSR count). The van der Waals surface area contributed by atoms with Gasteiger partial charge in [0.25, 0.3) is 5.69 Å². The first-order valence-electron chi connectivity index (χ1n) is 10.2. The van der Waals surface area contributed by atoms with Gasteiger partial charge in [-0.3, -0.25) is 14.9 Å². The number of thiophene rings is 1. The number of hydrogen-bond acceptors (Lipinski definition) is 8. The molecule has 1 N–H and O–H groups in total. The van der Waals surface area contributed by atoms with Gasteiger partial charge >= 0.3 is 0 Å². The number of nitrogens with zero attached hydrogens (tertiary/aromatic N) is 5. The van der Waals surface area contributed by atoms with Crippen molar-refractivity contribution in [2.45, 2.75) is 44.3 Å². The molecule has 0 atom stereocenters. The summed E-state index contributed by atoms with van der Waals surface area (Å²) in [4.78, 5) is 24.4. The highest BCUT2D eigenvalue weighted by atomic mass is 32.2. The van der Waals surface area contributed by atoms with Crippen LogP contribution >= 0.6 is 23.1 Å². The van der Waals surface area contributed by atoms with E-state index in [1.807, 2.05) is 11.5 Å². The van der Waals surface area contributed by atoms with Gasteiger partial charge in [-0.15, -0.1) is 21.5 Å². The van der Waals surface area contributed by atoms with Gasteiger partial charge in [-0.2, -0.15) is 5.26 Å². The Hall–Kier alpha value is -3.23. The highest BCUT2D eigenvalue weighted by Gasteiger charge is 2.22. The minimum absolute atomic E-state index is 0.0197. The van der Waals surface area contributed by atoms with Gasteiger partial charge in [-0.1, -0.05) is 23.9 Å². The van der Waals surface area contributed by atoms with Gasteiger partial charge in [-0.05, 0) is 38.2 Å². The molecule has 0 bridgehead atoms. The van der Waals surface area contributed by atoms with Crippen molar-refractivity contribution in [1.82, 2.24) is 14.8 Å². The number of fused-ring (bicyclic) bond motifs is 1. The van der Waals surface area contributed by atoms with E-state index in [9.17, 15) is 20.2 Å². The number of carbonyl (C=O) groups excluding carboxylic acids is 1. The number of carbonyl (C=O) groups is 1. The van der Waals surface area contributed by atoms with Crippen molar-refractivity contribution in [3.05, 3.63) is 50.4 Å². The summed E-state index contributed by atoms with van der Waals surface area (Å²) in [5, 5.41) is 33.1. The smallest absolute Gasteiger partial charge is 0.270 e. The number of rotatable bonds is 7. The molecule has 0 saturated carbocycles. The largest absolute Gasteiger partial charge is 0.316 e. The van der Waals surface area contributed by atoms with E-state index < -0.39 is 4.92 Å². The Bertz CT molecular complexity index is 1230. The molecule has 0 spiro atoms. The summed E-state index contributed by atoms with van der Waals surface area (Å²) in [5.74, 6) is 0.407. The maximum Gasteiger partial charge on any atom is 0.270 e. The molecule has 9 nitrogen and oxygen atoms in total. The fourth-order valence-electron chi connectivity index (χ4n) is 3.72. The molecular weight excluding hydrogens is 448 g/mol. The first kappa shape index (κ1) is 22.0. The summed E-state index contributed by atoms with van der Waals surface area (Å²) in [5.41, 5.74) is 2.24. The fraction of sp³-hybridized carbons (Fsp3) is 0.333. The van der Waals surface area contributed by atoms with Crippen LogP contribution in [-0.2, 0) is 24.2 Å². The number of thioether (sulfide) groups is 1. The predicted molar refractivity (Wildman–Crippen MR) is 123 cm³/mol. The molecule has 1 aromatic carbocycles. The Morgan fingerprint density at radius 3 is 2.94 bits per heavy atom. The van der Waals surface area contributed by atoms with Crippen molar-refractivity contribution in [2.75, 3.05) is 11.1 Å². The Morgan fingerprint density at radius 2 is 2.19 bits per heavy atom. The van der Waals surface area contributed by atoms with Gasteiger partial charge in [0.15, 0.2) is 11.0 Å². The van der Waals surface area contributed by atoms with Gasteiger partial charge in [0, 0.05) is 29.1 Å². The zero-order valence-corrected chi connectivity index (χ0v) is 19.0. The van der Waals surface area contributed by atoms with Crippen molar-refractivity contribution in [3.8, 4) is 17.5 Å². The zero-order chi connectivity index (χ0) is 22.7. The number of benzene rings is 1. The second-order valence-electron chi connectivity index (χ2n) is 7.22. The molecule has 11 heteroatoms.